The Labute approximate surface area is 164 Å². The Morgan fingerprint density at radius 2 is 2.04 bits per heavy atom. The van der Waals surface area contributed by atoms with Crippen molar-refractivity contribution in [2.45, 2.75) is 33.2 Å². The van der Waals surface area contributed by atoms with Gasteiger partial charge >= 0.3 is 0 Å². The minimum absolute atomic E-state index is 0.125. The zero-order valence-corrected chi connectivity index (χ0v) is 17.1. The molecule has 1 amide bonds. The van der Waals surface area contributed by atoms with E-state index in [-0.39, 0.29) is 11.9 Å². The SMILES string of the molecule is CC1CN(c2nc(Cc3ccccc3)ns2)CCN1C(=O)C(C)(C)CCl. The molecule has 5 nitrogen and oxygen atoms in total. The van der Waals surface area contributed by atoms with Crippen LogP contribution in [0.3, 0.4) is 0 Å². The fraction of sp³-hybridized carbons (Fsp3) is 0.526. The number of carbonyl (C=O) groups excluding carboxylic acids is 1. The van der Waals surface area contributed by atoms with E-state index >= 15 is 0 Å². The third-order valence-corrected chi connectivity index (χ3v) is 6.22. The number of benzene rings is 1. The Balaban J connectivity index is 1.63. The third kappa shape index (κ3) is 4.18. The fourth-order valence-corrected chi connectivity index (χ4v) is 3.94. The molecule has 1 atom stereocenters. The summed E-state index contributed by atoms with van der Waals surface area (Å²) in [6.45, 7) is 8.12. The summed E-state index contributed by atoms with van der Waals surface area (Å²) in [5.41, 5.74) is 0.688. The number of halogens is 1. The summed E-state index contributed by atoms with van der Waals surface area (Å²) in [7, 11) is 0. The molecule has 26 heavy (non-hydrogen) atoms. The predicted octanol–water partition coefficient (Wildman–Crippen LogP) is 3.43. The average Bonchev–Trinajstić information content (AvgIpc) is 3.10. The molecule has 3 rings (SSSR count). The topological polar surface area (TPSA) is 49.3 Å². The molecule has 1 saturated heterocycles. The lowest BCUT2D eigenvalue weighted by molar-refractivity contribution is -0.141. The van der Waals surface area contributed by atoms with Gasteiger partial charge in [0.1, 0.15) is 5.82 Å². The molecule has 2 aromatic rings. The van der Waals surface area contributed by atoms with E-state index < -0.39 is 5.41 Å². The van der Waals surface area contributed by atoms with Crippen LogP contribution in [0.2, 0.25) is 0 Å². The molecule has 140 valence electrons. The largest absolute Gasteiger partial charge is 0.343 e. The maximum Gasteiger partial charge on any atom is 0.229 e. The van der Waals surface area contributed by atoms with Crippen LogP contribution in [-0.4, -0.2) is 51.7 Å². The van der Waals surface area contributed by atoms with Crippen molar-refractivity contribution in [3.8, 4) is 0 Å². The van der Waals surface area contributed by atoms with Crippen molar-refractivity contribution >= 4 is 34.2 Å². The van der Waals surface area contributed by atoms with Gasteiger partial charge in [-0.1, -0.05) is 30.3 Å². The van der Waals surface area contributed by atoms with E-state index in [2.05, 4.69) is 28.3 Å². The number of hydrogen-bond acceptors (Lipinski definition) is 5. The molecule has 1 aliphatic heterocycles. The summed E-state index contributed by atoms with van der Waals surface area (Å²) in [6.07, 6.45) is 0.745. The van der Waals surface area contributed by atoms with Crippen molar-refractivity contribution < 1.29 is 4.79 Å². The number of anilines is 1. The summed E-state index contributed by atoms with van der Waals surface area (Å²) in [4.78, 5) is 21.6. The summed E-state index contributed by atoms with van der Waals surface area (Å²) < 4.78 is 4.51. The number of aromatic nitrogens is 2. The number of piperazine rings is 1. The van der Waals surface area contributed by atoms with Gasteiger partial charge in [0.25, 0.3) is 0 Å². The highest BCUT2D eigenvalue weighted by molar-refractivity contribution is 7.09. The minimum Gasteiger partial charge on any atom is -0.343 e. The first kappa shape index (κ1) is 19.1. The van der Waals surface area contributed by atoms with Crippen molar-refractivity contribution in [2.75, 3.05) is 30.4 Å². The van der Waals surface area contributed by atoms with Gasteiger partial charge in [0.2, 0.25) is 11.0 Å². The summed E-state index contributed by atoms with van der Waals surface area (Å²) in [5.74, 6) is 1.31. The van der Waals surface area contributed by atoms with E-state index in [9.17, 15) is 4.79 Å². The molecular formula is C19H25ClN4OS. The van der Waals surface area contributed by atoms with Gasteiger partial charge in [0.05, 0.1) is 5.41 Å². The highest BCUT2D eigenvalue weighted by atomic mass is 35.5. The zero-order valence-electron chi connectivity index (χ0n) is 15.5. The van der Waals surface area contributed by atoms with Gasteiger partial charge in [-0.15, -0.1) is 11.6 Å². The van der Waals surface area contributed by atoms with Crippen LogP contribution >= 0.6 is 23.1 Å². The standard InChI is InChI=1S/C19H25ClN4OS/c1-14-12-23(9-10-24(14)17(25)19(2,3)13-20)18-21-16(22-26-18)11-15-7-5-4-6-8-15/h4-8,14H,9-13H2,1-3H3. The van der Waals surface area contributed by atoms with E-state index in [0.717, 1.165) is 30.5 Å². The maximum absolute atomic E-state index is 12.7. The predicted molar refractivity (Wildman–Crippen MR) is 107 cm³/mol. The van der Waals surface area contributed by atoms with Gasteiger partial charge in [-0.3, -0.25) is 4.79 Å². The molecule has 1 fully saturated rings. The molecular weight excluding hydrogens is 368 g/mol. The Morgan fingerprint density at radius 3 is 2.69 bits per heavy atom. The van der Waals surface area contributed by atoms with Crippen molar-refractivity contribution in [3.63, 3.8) is 0 Å². The van der Waals surface area contributed by atoms with E-state index in [1.54, 1.807) is 0 Å². The van der Waals surface area contributed by atoms with Gasteiger partial charge in [-0.25, -0.2) is 4.98 Å². The number of hydrogen-bond donors (Lipinski definition) is 0. The second-order valence-electron chi connectivity index (χ2n) is 7.47. The van der Waals surface area contributed by atoms with Crippen LogP contribution in [0.15, 0.2) is 30.3 Å². The van der Waals surface area contributed by atoms with Crippen LogP contribution in [0.4, 0.5) is 5.13 Å². The lowest BCUT2D eigenvalue weighted by Crippen LogP contribution is -2.57. The lowest BCUT2D eigenvalue weighted by Gasteiger charge is -2.42. The quantitative estimate of drug-likeness (QED) is 0.731. The van der Waals surface area contributed by atoms with Crippen LogP contribution in [0.25, 0.3) is 0 Å². The first-order valence-electron chi connectivity index (χ1n) is 8.89. The molecule has 1 aromatic carbocycles. The highest BCUT2D eigenvalue weighted by Crippen LogP contribution is 2.26. The monoisotopic (exact) mass is 392 g/mol. The van der Waals surface area contributed by atoms with Crippen molar-refractivity contribution in [2.24, 2.45) is 5.41 Å². The van der Waals surface area contributed by atoms with Gasteiger partial charge < -0.3 is 9.80 Å². The Kier molecular flexibility index (Phi) is 5.82. The molecule has 0 aliphatic carbocycles. The van der Waals surface area contributed by atoms with Crippen molar-refractivity contribution in [3.05, 3.63) is 41.7 Å². The van der Waals surface area contributed by atoms with E-state index in [1.807, 2.05) is 36.9 Å². The van der Waals surface area contributed by atoms with Crippen molar-refractivity contribution in [1.29, 1.82) is 0 Å². The first-order chi connectivity index (χ1) is 12.4. The Hall–Kier alpha value is -1.66. The molecule has 0 saturated carbocycles. The van der Waals surface area contributed by atoms with Gasteiger partial charge in [-0.2, -0.15) is 4.37 Å². The second-order valence-corrected chi connectivity index (χ2v) is 8.46. The molecule has 1 aliphatic rings. The normalized spacial score (nSPS) is 18.2. The number of amides is 1. The Bertz CT molecular complexity index is 749. The van der Waals surface area contributed by atoms with Gasteiger partial charge in [0, 0.05) is 49.5 Å². The van der Waals surface area contributed by atoms with Gasteiger partial charge in [0.15, 0.2) is 0 Å². The molecule has 0 radical (unpaired) electrons. The molecule has 0 bridgehead atoms. The van der Waals surface area contributed by atoms with E-state index in [0.29, 0.717) is 12.4 Å². The van der Waals surface area contributed by atoms with Gasteiger partial charge in [-0.05, 0) is 26.3 Å². The number of carbonyl (C=O) groups is 1. The molecule has 0 N–H and O–H groups in total. The minimum atomic E-state index is -0.524. The molecule has 0 spiro atoms. The second kappa shape index (κ2) is 7.92. The lowest BCUT2D eigenvalue weighted by atomic mass is 9.93. The van der Waals surface area contributed by atoms with Crippen LogP contribution in [0, 0.1) is 5.41 Å². The maximum atomic E-state index is 12.7. The van der Waals surface area contributed by atoms with Crippen LogP contribution in [0.1, 0.15) is 32.2 Å². The number of alkyl halides is 1. The smallest absolute Gasteiger partial charge is 0.229 e. The fourth-order valence-electron chi connectivity index (χ4n) is 3.10. The van der Waals surface area contributed by atoms with Crippen LogP contribution in [-0.2, 0) is 11.2 Å². The Morgan fingerprint density at radius 1 is 1.31 bits per heavy atom. The summed E-state index contributed by atoms with van der Waals surface area (Å²) in [6, 6.07) is 10.4. The average molecular weight is 393 g/mol. The van der Waals surface area contributed by atoms with Crippen LogP contribution in [0.5, 0.6) is 0 Å². The zero-order chi connectivity index (χ0) is 18.7. The van der Waals surface area contributed by atoms with E-state index in [1.165, 1.54) is 17.1 Å². The number of nitrogens with zero attached hydrogens (tertiary/aromatic N) is 4. The first-order valence-corrected chi connectivity index (χ1v) is 10.2. The molecule has 2 heterocycles. The van der Waals surface area contributed by atoms with Crippen molar-refractivity contribution in [1.82, 2.24) is 14.3 Å². The molecule has 1 unspecified atom stereocenters. The number of rotatable bonds is 5. The molecule has 7 heteroatoms. The summed E-state index contributed by atoms with van der Waals surface area (Å²) >= 11 is 7.41. The van der Waals surface area contributed by atoms with E-state index in [4.69, 9.17) is 16.6 Å². The highest BCUT2D eigenvalue weighted by Gasteiger charge is 2.36. The molecule has 1 aromatic heterocycles. The summed E-state index contributed by atoms with van der Waals surface area (Å²) in [5, 5.41) is 0.937. The third-order valence-electron chi connectivity index (χ3n) is 4.73. The van der Waals surface area contributed by atoms with Crippen LogP contribution < -0.4 is 4.90 Å².